The summed E-state index contributed by atoms with van der Waals surface area (Å²) in [5.41, 5.74) is 1.79. The lowest BCUT2D eigenvalue weighted by atomic mass is 10.0. The summed E-state index contributed by atoms with van der Waals surface area (Å²) in [5.74, 6) is 5.61. The third-order valence-corrected chi connectivity index (χ3v) is 2.55. The highest BCUT2D eigenvalue weighted by atomic mass is 35.5. The Hall–Kier alpha value is -0.970. The largest absolute Gasteiger partial charge is 0.387 e. The van der Waals surface area contributed by atoms with Crippen LogP contribution in [0.1, 0.15) is 30.6 Å². The topological polar surface area (TPSA) is 20.2 Å². The zero-order chi connectivity index (χ0) is 10.6. The second-order valence-electron chi connectivity index (χ2n) is 3.10. The average molecular weight is 209 g/mol. The van der Waals surface area contributed by atoms with Crippen LogP contribution in [0.4, 0.5) is 0 Å². The van der Waals surface area contributed by atoms with Crippen LogP contribution in [0.5, 0.6) is 0 Å². The fourth-order valence-electron chi connectivity index (χ4n) is 1.29. The quantitative estimate of drug-likeness (QED) is 0.741. The molecule has 0 heterocycles. The molecule has 0 spiro atoms. The van der Waals surface area contributed by atoms with Gasteiger partial charge in [-0.05, 0) is 31.0 Å². The van der Waals surface area contributed by atoms with E-state index in [1.807, 2.05) is 25.1 Å². The van der Waals surface area contributed by atoms with Gasteiger partial charge in [0.05, 0.1) is 6.10 Å². The van der Waals surface area contributed by atoms with Gasteiger partial charge in [0.1, 0.15) is 0 Å². The van der Waals surface area contributed by atoms with Gasteiger partial charge in [0.2, 0.25) is 0 Å². The molecule has 0 saturated heterocycles. The molecule has 74 valence electrons. The van der Waals surface area contributed by atoms with Crippen molar-refractivity contribution in [3.63, 3.8) is 0 Å². The van der Waals surface area contributed by atoms with Gasteiger partial charge in [0.25, 0.3) is 0 Å². The Kier molecular flexibility index (Phi) is 4.00. The van der Waals surface area contributed by atoms with Crippen molar-refractivity contribution in [1.82, 2.24) is 0 Å². The third-order valence-electron chi connectivity index (χ3n) is 2.14. The fourth-order valence-corrected chi connectivity index (χ4v) is 1.48. The van der Waals surface area contributed by atoms with Crippen LogP contribution in [-0.2, 0) is 0 Å². The van der Waals surface area contributed by atoms with E-state index in [9.17, 15) is 5.11 Å². The van der Waals surface area contributed by atoms with Crippen LogP contribution < -0.4 is 0 Å². The van der Waals surface area contributed by atoms with Crippen molar-refractivity contribution in [2.45, 2.75) is 26.4 Å². The number of hydrogen-bond donors (Lipinski definition) is 1. The molecule has 14 heavy (non-hydrogen) atoms. The summed E-state index contributed by atoms with van der Waals surface area (Å²) >= 11 is 5.94. The molecular weight excluding hydrogens is 196 g/mol. The minimum Gasteiger partial charge on any atom is -0.387 e. The van der Waals surface area contributed by atoms with E-state index in [1.165, 1.54) is 0 Å². The second kappa shape index (κ2) is 5.05. The van der Waals surface area contributed by atoms with Crippen LogP contribution in [-0.4, -0.2) is 5.11 Å². The third kappa shape index (κ3) is 2.51. The first-order valence-electron chi connectivity index (χ1n) is 4.49. The molecule has 0 fully saturated rings. The Bertz CT molecular complexity index is 374. The molecule has 0 aliphatic heterocycles. The first-order chi connectivity index (χ1) is 6.66. The van der Waals surface area contributed by atoms with E-state index in [-0.39, 0.29) is 0 Å². The van der Waals surface area contributed by atoms with Crippen LogP contribution in [0.15, 0.2) is 18.2 Å². The zero-order valence-electron chi connectivity index (χ0n) is 8.34. The van der Waals surface area contributed by atoms with Crippen LogP contribution in [0.2, 0.25) is 5.02 Å². The summed E-state index contributed by atoms with van der Waals surface area (Å²) in [4.78, 5) is 0. The molecule has 0 aliphatic rings. The van der Waals surface area contributed by atoms with E-state index in [0.717, 1.165) is 11.1 Å². The minimum atomic E-state index is -0.541. The number of aliphatic hydroxyl groups excluding tert-OH is 1. The molecule has 0 aromatic heterocycles. The first-order valence-corrected chi connectivity index (χ1v) is 4.87. The first kappa shape index (κ1) is 11.1. The summed E-state index contributed by atoms with van der Waals surface area (Å²) in [6.45, 7) is 3.66. The lowest BCUT2D eigenvalue weighted by molar-refractivity contribution is 0.183. The maximum atomic E-state index is 9.80. The van der Waals surface area contributed by atoms with Crippen LogP contribution >= 0.6 is 11.6 Å². The molecule has 0 saturated carbocycles. The van der Waals surface area contributed by atoms with Crippen molar-refractivity contribution < 1.29 is 5.11 Å². The summed E-state index contributed by atoms with van der Waals surface area (Å²) in [6, 6.07) is 5.54. The maximum absolute atomic E-state index is 9.80. The van der Waals surface area contributed by atoms with E-state index < -0.39 is 6.10 Å². The van der Waals surface area contributed by atoms with Gasteiger partial charge >= 0.3 is 0 Å². The standard InChI is InChI=1S/C12H13ClO/c1-3-4-8-12(14)10-6-5-7-11(13)9(10)2/h5-7,12,14H,8H2,1-2H3. The summed E-state index contributed by atoms with van der Waals surface area (Å²) in [7, 11) is 0. The molecule has 1 atom stereocenters. The van der Waals surface area contributed by atoms with E-state index in [2.05, 4.69) is 11.8 Å². The van der Waals surface area contributed by atoms with Gasteiger partial charge in [-0.3, -0.25) is 0 Å². The Labute approximate surface area is 89.7 Å². The highest BCUT2D eigenvalue weighted by Gasteiger charge is 2.10. The Morgan fingerprint density at radius 1 is 1.50 bits per heavy atom. The van der Waals surface area contributed by atoms with Gasteiger partial charge in [0, 0.05) is 11.4 Å². The smallest absolute Gasteiger partial charge is 0.0902 e. The highest BCUT2D eigenvalue weighted by Crippen LogP contribution is 2.25. The molecule has 2 heteroatoms. The molecule has 1 aromatic rings. The molecule has 0 radical (unpaired) electrons. The Morgan fingerprint density at radius 3 is 2.86 bits per heavy atom. The predicted octanol–water partition coefficient (Wildman–Crippen LogP) is 3.10. The van der Waals surface area contributed by atoms with Crippen molar-refractivity contribution >= 4 is 11.6 Å². The molecule has 0 aliphatic carbocycles. The van der Waals surface area contributed by atoms with Crippen molar-refractivity contribution in [1.29, 1.82) is 0 Å². The van der Waals surface area contributed by atoms with Gasteiger partial charge in [-0.25, -0.2) is 0 Å². The Balaban J connectivity index is 2.93. The molecule has 1 unspecified atom stereocenters. The number of halogens is 1. The minimum absolute atomic E-state index is 0.456. The summed E-state index contributed by atoms with van der Waals surface area (Å²) < 4.78 is 0. The fraction of sp³-hybridized carbons (Fsp3) is 0.333. The van der Waals surface area contributed by atoms with E-state index >= 15 is 0 Å². The normalized spacial score (nSPS) is 11.7. The van der Waals surface area contributed by atoms with Crippen LogP contribution in [0.3, 0.4) is 0 Å². The van der Waals surface area contributed by atoms with Crippen LogP contribution in [0, 0.1) is 18.8 Å². The van der Waals surface area contributed by atoms with Gasteiger partial charge in [-0.1, -0.05) is 23.7 Å². The molecule has 1 rings (SSSR count). The van der Waals surface area contributed by atoms with Crippen molar-refractivity contribution in [3.05, 3.63) is 34.3 Å². The van der Waals surface area contributed by atoms with Gasteiger partial charge in [-0.15, -0.1) is 11.8 Å². The van der Waals surface area contributed by atoms with E-state index in [1.54, 1.807) is 6.92 Å². The molecular formula is C12H13ClO. The molecule has 1 N–H and O–H groups in total. The van der Waals surface area contributed by atoms with Crippen molar-refractivity contribution in [3.8, 4) is 11.8 Å². The molecule has 0 bridgehead atoms. The van der Waals surface area contributed by atoms with E-state index in [0.29, 0.717) is 11.4 Å². The monoisotopic (exact) mass is 208 g/mol. The molecule has 1 nitrogen and oxygen atoms in total. The average Bonchev–Trinajstić information content (AvgIpc) is 2.18. The van der Waals surface area contributed by atoms with E-state index in [4.69, 9.17) is 11.6 Å². The maximum Gasteiger partial charge on any atom is 0.0902 e. The van der Waals surface area contributed by atoms with Gasteiger partial charge in [0.15, 0.2) is 0 Å². The number of benzene rings is 1. The van der Waals surface area contributed by atoms with Gasteiger partial charge < -0.3 is 5.11 Å². The Morgan fingerprint density at radius 2 is 2.21 bits per heavy atom. The van der Waals surface area contributed by atoms with Crippen LogP contribution in [0.25, 0.3) is 0 Å². The molecule has 0 amide bonds. The van der Waals surface area contributed by atoms with Crippen molar-refractivity contribution in [2.75, 3.05) is 0 Å². The number of hydrogen-bond acceptors (Lipinski definition) is 1. The predicted molar refractivity (Wildman–Crippen MR) is 59.2 cm³/mol. The highest BCUT2D eigenvalue weighted by molar-refractivity contribution is 6.31. The van der Waals surface area contributed by atoms with Gasteiger partial charge in [-0.2, -0.15) is 0 Å². The summed E-state index contributed by atoms with van der Waals surface area (Å²) in [5, 5.41) is 10.5. The number of aliphatic hydroxyl groups is 1. The van der Waals surface area contributed by atoms with Crippen molar-refractivity contribution in [2.24, 2.45) is 0 Å². The number of rotatable bonds is 2. The zero-order valence-corrected chi connectivity index (χ0v) is 9.10. The summed E-state index contributed by atoms with van der Waals surface area (Å²) in [6.07, 6.45) is -0.0846. The lowest BCUT2D eigenvalue weighted by Gasteiger charge is -2.11. The SMILES string of the molecule is CC#CCC(O)c1cccc(Cl)c1C. The molecule has 1 aromatic carbocycles. The second-order valence-corrected chi connectivity index (χ2v) is 3.51. The lowest BCUT2D eigenvalue weighted by Crippen LogP contribution is -1.99.